The van der Waals surface area contributed by atoms with Crippen LogP contribution in [0, 0.1) is 6.42 Å². The molecule has 0 fully saturated rings. The summed E-state index contributed by atoms with van der Waals surface area (Å²) in [5.41, 5.74) is 0. The van der Waals surface area contributed by atoms with Gasteiger partial charge < -0.3 is 0 Å². The van der Waals surface area contributed by atoms with Crippen molar-refractivity contribution in [2.24, 2.45) is 0 Å². The Morgan fingerprint density at radius 2 is 2.10 bits per heavy atom. The van der Waals surface area contributed by atoms with Gasteiger partial charge in [0.15, 0.2) is 0 Å². The summed E-state index contributed by atoms with van der Waals surface area (Å²) in [7, 11) is -3.83. The summed E-state index contributed by atoms with van der Waals surface area (Å²) >= 11 is 0. The summed E-state index contributed by atoms with van der Waals surface area (Å²) in [4.78, 5) is 0. The van der Waals surface area contributed by atoms with Crippen molar-refractivity contribution in [3.8, 4) is 0 Å². The molecule has 0 spiro atoms. The van der Waals surface area contributed by atoms with Gasteiger partial charge in [0.25, 0.3) is 10.1 Å². The standard InChI is InChI=1S/C6H13O3S/c1-3-4-5-6(2)10(7,8)9/h5-6H,3-4H2,1-2H3,(H,7,8,9). The quantitative estimate of drug-likeness (QED) is 0.638. The van der Waals surface area contributed by atoms with Crippen LogP contribution in [0.4, 0.5) is 0 Å². The Balaban J connectivity index is 3.75. The van der Waals surface area contributed by atoms with Crippen molar-refractivity contribution in [3.05, 3.63) is 6.42 Å². The van der Waals surface area contributed by atoms with Crippen LogP contribution in [0.3, 0.4) is 0 Å². The van der Waals surface area contributed by atoms with Crippen molar-refractivity contribution in [3.63, 3.8) is 0 Å². The molecule has 0 saturated carbocycles. The number of hydrogen-bond donors (Lipinski definition) is 1. The average Bonchev–Trinajstić information content (AvgIpc) is 1.80. The van der Waals surface area contributed by atoms with E-state index in [1.54, 1.807) is 6.42 Å². The monoisotopic (exact) mass is 165 g/mol. The van der Waals surface area contributed by atoms with E-state index in [-0.39, 0.29) is 0 Å². The van der Waals surface area contributed by atoms with Crippen molar-refractivity contribution >= 4 is 10.1 Å². The summed E-state index contributed by atoms with van der Waals surface area (Å²) < 4.78 is 29.2. The summed E-state index contributed by atoms with van der Waals surface area (Å²) in [6.07, 6.45) is 3.22. The molecular formula is C6H13O3S. The van der Waals surface area contributed by atoms with E-state index in [0.717, 1.165) is 12.8 Å². The predicted octanol–water partition coefficient (Wildman–Crippen LogP) is 1.27. The molecule has 0 heterocycles. The Morgan fingerprint density at radius 1 is 1.60 bits per heavy atom. The Bertz CT molecular complexity index is 171. The molecule has 1 unspecified atom stereocenters. The normalized spacial score (nSPS) is 15.1. The first-order valence-electron chi connectivity index (χ1n) is 3.28. The molecule has 1 radical (unpaired) electrons. The maximum absolute atomic E-state index is 10.4. The average molecular weight is 165 g/mol. The van der Waals surface area contributed by atoms with Gasteiger partial charge >= 0.3 is 0 Å². The highest BCUT2D eigenvalue weighted by molar-refractivity contribution is 7.86. The van der Waals surface area contributed by atoms with Crippen LogP contribution in [0.1, 0.15) is 26.7 Å². The molecule has 0 saturated heterocycles. The zero-order valence-electron chi connectivity index (χ0n) is 6.24. The maximum atomic E-state index is 10.4. The van der Waals surface area contributed by atoms with Crippen LogP contribution in [-0.4, -0.2) is 18.2 Å². The molecule has 0 aliphatic heterocycles. The summed E-state index contributed by atoms with van der Waals surface area (Å²) in [5.74, 6) is 0. The van der Waals surface area contributed by atoms with Crippen LogP contribution in [-0.2, 0) is 10.1 Å². The summed E-state index contributed by atoms with van der Waals surface area (Å²) in [6.45, 7) is 3.41. The molecule has 0 aliphatic rings. The van der Waals surface area contributed by atoms with E-state index in [1.165, 1.54) is 6.92 Å². The van der Waals surface area contributed by atoms with Gasteiger partial charge in [-0.2, -0.15) is 8.42 Å². The Labute approximate surface area is 62.2 Å². The zero-order chi connectivity index (χ0) is 8.20. The molecule has 0 amide bonds. The van der Waals surface area contributed by atoms with Gasteiger partial charge in [-0.05, 0) is 19.8 Å². The van der Waals surface area contributed by atoms with Crippen LogP contribution in [0.15, 0.2) is 0 Å². The smallest absolute Gasteiger partial charge is 0.267 e. The molecule has 0 rings (SSSR count). The summed E-state index contributed by atoms with van der Waals surface area (Å²) in [5, 5.41) is -0.729. The molecule has 0 aromatic rings. The molecule has 4 heteroatoms. The minimum absolute atomic E-state index is 0.723. The third-order valence-electron chi connectivity index (χ3n) is 1.26. The van der Waals surface area contributed by atoms with Gasteiger partial charge in [0, 0.05) is 0 Å². The highest BCUT2D eigenvalue weighted by Gasteiger charge is 2.15. The highest BCUT2D eigenvalue weighted by atomic mass is 32.2. The van der Waals surface area contributed by atoms with Gasteiger partial charge in [0.2, 0.25) is 0 Å². The number of hydrogen-bond acceptors (Lipinski definition) is 2. The first-order chi connectivity index (χ1) is 4.48. The first kappa shape index (κ1) is 9.91. The Morgan fingerprint density at radius 3 is 2.40 bits per heavy atom. The molecule has 1 atom stereocenters. The van der Waals surface area contributed by atoms with Gasteiger partial charge in [-0.15, -0.1) is 0 Å². The van der Waals surface area contributed by atoms with E-state index in [2.05, 4.69) is 0 Å². The van der Waals surface area contributed by atoms with E-state index < -0.39 is 15.4 Å². The molecule has 10 heavy (non-hydrogen) atoms. The zero-order valence-corrected chi connectivity index (χ0v) is 7.06. The number of unbranched alkanes of at least 4 members (excludes halogenated alkanes) is 1. The molecule has 0 aromatic heterocycles. The topological polar surface area (TPSA) is 54.4 Å². The lowest BCUT2D eigenvalue weighted by molar-refractivity contribution is 0.474. The highest BCUT2D eigenvalue weighted by Crippen LogP contribution is 2.05. The van der Waals surface area contributed by atoms with Crippen LogP contribution < -0.4 is 0 Å². The van der Waals surface area contributed by atoms with E-state index in [9.17, 15) is 8.42 Å². The maximum Gasteiger partial charge on any atom is 0.267 e. The van der Waals surface area contributed by atoms with Crippen LogP contribution in [0.2, 0.25) is 0 Å². The molecule has 0 aromatic carbocycles. The summed E-state index contributed by atoms with van der Waals surface area (Å²) in [6, 6.07) is 0. The second-order valence-corrected chi connectivity index (χ2v) is 4.02. The van der Waals surface area contributed by atoms with Crippen LogP contribution in [0.5, 0.6) is 0 Å². The number of rotatable bonds is 4. The minimum Gasteiger partial charge on any atom is -0.285 e. The second-order valence-electron chi connectivity index (χ2n) is 2.24. The Kier molecular flexibility index (Phi) is 3.89. The van der Waals surface area contributed by atoms with Crippen molar-refractivity contribution < 1.29 is 13.0 Å². The van der Waals surface area contributed by atoms with E-state index in [4.69, 9.17) is 4.55 Å². The van der Waals surface area contributed by atoms with Crippen molar-refractivity contribution in [2.45, 2.75) is 31.9 Å². The lowest BCUT2D eigenvalue weighted by Crippen LogP contribution is -2.16. The fourth-order valence-corrected chi connectivity index (χ4v) is 0.902. The van der Waals surface area contributed by atoms with Crippen molar-refractivity contribution in [1.29, 1.82) is 0 Å². The van der Waals surface area contributed by atoms with E-state index in [1.807, 2.05) is 6.92 Å². The lowest BCUT2D eigenvalue weighted by atomic mass is 10.2. The van der Waals surface area contributed by atoms with Crippen molar-refractivity contribution in [2.75, 3.05) is 0 Å². The molecule has 0 bridgehead atoms. The fourth-order valence-electron chi connectivity index (χ4n) is 0.523. The van der Waals surface area contributed by atoms with E-state index >= 15 is 0 Å². The second kappa shape index (κ2) is 3.93. The third-order valence-corrected chi connectivity index (χ3v) is 2.39. The first-order valence-corrected chi connectivity index (χ1v) is 4.78. The van der Waals surface area contributed by atoms with Gasteiger partial charge in [0.1, 0.15) is 0 Å². The molecular weight excluding hydrogens is 152 g/mol. The fraction of sp³-hybridized carbons (Fsp3) is 0.833. The van der Waals surface area contributed by atoms with E-state index in [0.29, 0.717) is 0 Å². The SMILES string of the molecule is CCC[CH]C(C)S(=O)(=O)O. The van der Waals surface area contributed by atoms with Gasteiger partial charge in [-0.3, -0.25) is 4.55 Å². The predicted molar refractivity (Wildman–Crippen MR) is 40.2 cm³/mol. The molecule has 1 N–H and O–H groups in total. The molecule has 3 nitrogen and oxygen atoms in total. The van der Waals surface area contributed by atoms with Crippen LogP contribution >= 0.6 is 0 Å². The lowest BCUT2D eigenvalue weighted by Gasteiger charge is -2.04. The van der Waals surface area contributed by atoms with Gasteiger partial charge in [-0.25, -0.2) is 0 Å². The molecule has 0 aliphatic carbocycles. The largest absolute Gasteiger partial charge is 0.285 e. The third kappa shape index (κ3) is 3.85. The minimum atomic E-state index is -3.83. The van der Waals surface area contributed by atoms with Gasteiger partial charge in [0.05, 0.1) is 5.25 Å². The van der Waals surface area contributed by atoms with Crippen LogP contribution in [0.25, 0.3) is 0 Å². The van der Waals surface area contributed by atoms with Gasteiger partial charge in [-0.1, -0.05) is 13.3 Å². The molecule has 61 valence electrons. The Hall–Kier alpha value is -0.0900. The van der Waals surface area contributed by atoms with Crippen molar-refractivity contribution in [1.82, 2.24) is 0 Å².